The Morgan fingerprint density at radius 3 is 2.33 bits per heavy atom. The van der Waals surface area contributed by atoms with E-state index in [2.05, 4.69) is 40.2 Å². The number of ether oxygens (including phenoxy) is 2. The van der Waals surface area contributed by atoms with Crippen LogP contribution >= 0.6 is 23.4 Å². The number of likely N-dealkylation sites (tertiary alicyclic amines) is 1. The highest BCUT2D eigenvalue weighted by Gasteiger charge is 2.40. The molecule has 9 heteroatoms. The van der Waals surface area contributed by atoms with E-state index < -0.39 is 5.79 Å². The molecule has 0 radical (unpaired) electrons. The summed E-state index contributed by atoms with van der Waals surface area (Å²) in [6.45, 7) is 4.53. The van der Waals surface area contributed by atoms with E-state index in [1.54, 1.807) is 11.8 Å². The van der Waals surface area contributed by atoms with Gasteiger partial charge in [-0.05, 0) is 48.4 Å². The molecule has 1 amide bonds. The molecule has 3 saturated heterocycles. The van der Waals surface area contributed by atoms with Gasteiger partial charge in [0.1, 0.15) is 11.0 Å². The highest BCUT2D eigenvalue weighted by molar-refractivity contribution is 7.98. The maximum absolute atomic E-state index is 13.0. The number of piperidine rings is 2. The van der Waals surface area contributed by atoms with Gasteiger partial charge in [0.15, 0.2) is 10.9 Å². The molecule has 0 atom stereocenters. The smallest absolute Gasteiger partial charge is 0.253 e. The molecule has 0 saturated carbocycles. The van der Waals surface area contributed by atoms with Gasteiger partial charge in [0, 0.05) is 56.4 Å². The van der Waals surface area contributed by atoms with E-state index >= 15 is 0 Å². The fraction of sp³-hybridized carbons (Fsp3) is 0.452. The molecule has 40 heavy (non-hydrogen) atoms. The predicted molar refractivity (Wildman–Crippen MR) is 158 cm³/mol. The van der Waals surface area contributed by atoms with Gasteiger partial charge in [0.2, 0.25) is 0 Å². The molecule has 0 bridgehead atoms. The van der Waals surface area contributed by atoms with E-state index in [0.717, 1.165) is 56.6 Å². The Bertz CT molecular complexity index is 1290. The Hall–Kier alpha value is -2.65. The van der Waals surface area contributed by atoms with Crippen LogP contribution in [0.4, 0.5) is 5.82 Å². The summed E-state index contributed by atoms with van der Waals surface area (Å²) in [6, 6.07) is 20.5. The maximum atomic E-state index is 13.0. The highest BCUT2D eigenvalue weighted by Crippen LogP contribution is 2.32. The van der Waals surface area contributed by atoms with Gasteiger partial charge in [-0.2, -0.15) is 0 Å². The first-order valence-electron chi connectivity index (χ1n) is 14.2. The molecule has 1 aromatic heterocycles. The van der Waals surface area contributed by atoms with Crippen LogP contribution in [0.1, 0.15) is 47.2 Å². The summed E-state index contributed by atoms with van der Waals surface area (Å²) in [5.41, 5.74) is 3.23. The van der Waals surface area contributed by atoms with Crippen molar-refractivity contribution < 1.29 is 14.3 Å². The zero-order valence-corrected chi connectivity index (χ0v) is 24.2. The molecule has 0 N–H and O–H groups in total. The van der Waals surface area contributed by atoms with Crippen molar-refractivity contribution in [3.63, 3.8) is 0 Å². The molecule has 3 aliphatic rings. The number of carbonyl (C=O) groups excluding carboxylic acids is 1. The van der Waals surface area contributed by atoms with Gasteiger partial charge in [-0.25, -0.2) is 9.97 Å². The Morgan fingerprint density at radius 1 is 0.925 bits per heavy atom. The van der Waals surface area contributed by atoms with Gasteiger partial charge >= 0.3 is 0 Å². The first-order chi connectivity index (χ1) is 19.6. The van der Waals surface area contributed by atoms with Crippen molar-refractivity contribution in [1.29, 1.82) is 0 Å². The van der Waals surface area contributed by atoms with Crippen molar-refractivity contribution in [2.24, 2.45) is 5.92 Å². The van der Waals surface area contributed by atoms with Crippen LogP contribution in [0.5, 0.6) is 0 Å². The van der Waals surface area contributed by atoms with Crippen LogP contribution < -0.4 is 4.90 Å². The molecule has 3 aromatic rings. The van der Waals surface area contributed by atoms with Crippen molar-refractivity contribution in [3.05, 3.63) is 82.5 Å². The zero-order chi connectivity index (χ0) is 27.4. The first kappa shape index (κ1) is 27.5. The zero-order valence-electron chi connectivity index (χ0n) is 22.6. The molecule has 3 fully saturated rings. The SMILES string of the molecule is O=C(c1ccc(CSc2nc(Cl)cc(N3CCC(Cc4ccccc4)CC3)n2)cc1)N1CCC2(CC1)OCCO2. The lowest BCUT2D eigenvalue weighted by molar-refractivity contribution is -0.181. The average Bonchev–Trinajstić information content (AvgIpc) is 3.45. The number of carbonyl (C=O) groups is 1. The molecule has 7 nitrogen and oxygen atoms in total. The summed E-state index contributed by atoms with van der Waals surface area (Å²) in [6.07, 6.45) is 4.86. The van der Waals surface area contributed by atoms with Crippen LogP contribution in [0, 0.1) is 5.92 Å². The van der Waals surface area contributed by atoms with Crippen LogP contribution in [0.2, 0.25) is 5.15 Å². The molecular formula is C31H35ClN4O3S. The van der Waals surface area contributed by atoms with E-state index in [9.17, 15) is 4.79 Å². The van der Waals surface area contributed by atoms with E-state index in [0.29, 0.717) is 53.8 Å². The molecule has 0 aliphatic carbocycles. The Morgan fingerprint density at radius 2 is 1.62 bits per heavy atom. The Kier molecular flexibility index (Phi) is 8.58. The molecule has 0 unspecified atom stereocenters. The van der Waals surface area contributed by atoms with Crippen LogP contribution in [0.15, 0.2) is 65.8 Å². The van der Waals surface area contributed by atoms with Crippen LogP contribution in [0.25, 0.3) is 0 Å². The highest BCUT2D eigenvalue weighted by atomic mass is 35.5. The maximum Gasteiger partial charge on any atom is 0.253 e. The third-order valence-corrected chi connectivity index (χ3v) is 9.27. The number of aromatic nitrogens is 2. The molecule has 3 aliphatic heterocycles. The molecule has 4 heterocycles. The second-order valence-electron chi connectivity index (χ2n) is 10.8. The van der Waals surface area contributed by atoms with Crippen molar-refractivity contribution >= 4 is 35.1 Å². The number of hydrogen-bond donors (Lipinski definition) is 0. The van der Waals surface area contributed by atoms with Gasteiger partial charge in [0.25, 0.3) is 5.91 Å². The normalized spacial score (nSPS) is 19.3. The minimum Gasteiger partial charge on any atom is -0.356 e. The molecule has 6 rings (SSSR count). The number of rotatable bonds is 7. The fourth-order valence-electron chi connectivity index (χ4n) is 5.84. The predicted octanol–water partition coefficient (Wildman–Crippen LogP) is 5.86. The number of amides is 1. The van der Waals surface area contributed by atoms with Gasteiger partial charge in [-0.3, -0.25) is 4.79 Å². The lowest BCUT2D eigenvalue weighted by Crippen LogP contribution is -2.47. The summed E-state index contributed by atoms with van der Waals surface area (Å²) in [7, 11) is 0. The quantitative estimate of drug-likeness (QED) is 0.198. The lowest BCUT2D eigenvalue weighted by Gasteiger charge is -2.37. The van der Waals surface area contributed by atoms with Gasteiger partial charge in [-0.15, -0.1) is 0 Å². The second-order valence-corrected chi connectivity index (χ2v) is 12.2. The van der Waals surface area contributed by atoms with Gasteiger partial charge in [-0.1, -0.05) is 65.8 Å². The van der Waals surface area contributed by atoms with E-state index in [4.69, 9.17) is 26.1 Å². The number of anilines is 1. The number of benzene rings is 2. The summed E-state index contributed by atoms with van der Waals surface area (Å²) in [4.78, 5) is 26.5. The average molecular weight is 579 g/mol. The number of halogens is 1. The van der Waals surface area contributed by atoms with Gasteiger partial charge in [0.05, 0.1) is 13.2 Å². The Labute approximate surface area is 245 Å². The van der Waals surface area contributed by atoms with Crippen molar-refractivity contribution in [1.82, 2.24) is 14.9 Å². The standard InChI is InChI=1S/C31H35ClN4O3S/c32-27-21-28(35-14-10-24(11-15-35)20-23-4-2-1-3-5-23)34-30(33-27)40-22-25-6-8-26(9-7-25)29(37)36-16-12-31(13-17-36)38-18-19-39-31/h1-9,21,24H,10-20,22H2. The largest absolute Gasteiger partial charge is 0.356 e. The second kappa shape index (κ2) is 12.5. The fourth-order valence-corrected chi connectivity index (χ4v) is 6.87. The third kappa shape index (κ3) is 6.62. The first-order valence-corrected chi connectivity index (χ1v) is 15.5. The number of thioether (sulfide) groups is 1. The minimum atomic E-state index is -0.473. The molecular weight excluding hydrogens is 544 g/mol. The summed E-state index contributed by atoms with van der Waals surface area (Å²) >= 11 is 7.97. The van der Waals surface area contributed by atoms with Gasteiger partial charge < -0.3 is 19.3 Å². The van der Waals surface area contributed by atoms with E-state index in [1.165, 1.54) is 5.56 Å². The van der Waals surface area contributed by atoms with Crippen molar-refractivity contribution in [2.75, 3.05) is 44.3 Å². The Balaban J connectivity index is 1.00. The van der Waals surface area contributed by atoms with Crippen LogP contribution in [-0.4, -0.2) is 66.0 Å². The van der Waals surface area contributed by atoms with Crippen molar-refractivity contribution in [3.8, 4) is 0 Å². The van der Waals surface area contributed by atoms with E-state index in [1.807, 2.05) is 35.2 Å². The monoisotopic (exact) mass is 578 g/mol. The van der Waals surface area contributed by atoms with Crippen LogP contribution in [-0.2, 0) is 21.6 Å². The molecule has 1 spiro atoms. The summed E-state index contributed by atoms with van der Waals surface area (Å²) in [5.74, 6) is 1.88. The number of nitrogens with zero attached hydrogens (tertiary/aromatic N) is 4. The summed E-state index contributed by atoms with van der Waals surface area (Å²) in [5, 5.41) is 1.14. The van der Waals surface area contributed by atoms with Crippen molar-refractivity contribution in [2.45, 2.75) is 48.8 Å². The molecule has 210 valence electrons. The van der Waals surface area contributed by atoms with E-state index in [-0.39, 0.29) is 5.91 Å². The summed E-state index contributed by atoms with van der Waals surface area (Å²) < 4.78 is 11.6. The molecule has 2 aromatic carbocycles. The minimum absolute atomic E-state index is 0.0578. The topological polar surface area (TPSA) is 67.8 Å². The van der Waals surface area contributed by atoms with Crippen LogP contribution in [0.3, 0.4) is 0 Å². The number of hydrogen-bond acceptors (Lipinski definition) is 7. The lowest BCUT2D eigenvalue weighted by atomic mass is 9.90. The third-order valence-electron chi connectivity index (χ3n) is 8.16.